The van der Waals surface area contributed by atoms with Crippen LogP contribution in [0.5, 0.6) is 0 Å². The molecule has 0 amide bonds. The number of benzene rings is 2. The van der Waals surface area contributed by atoms with Crippen molar-refractivity contribution < 1.29 is 0 Å². The number of nitrogens with zero attached hydrogens (tertiary/aromatic N) is 1. The summed E-state index contributed by atoms with van der Waals surface area (Å²) >= 11 is 0. The highest BCUT2D eigenvalue weighted by atomic mass is 14.7. The number of rotatable bonds is 2. The van der Waals surface area contributed by atoms with Crippen molar-refractivity contribution in [3.05, 3.63) is 101 Å². The lowest BCUT2D eigenvalue weighted by molar-refractivity contribution is 0.526. The SMILES string of the molecule is c1ccc([C@H]2Cc3ncccc3[C@@H](c3ccccc3)C2)cc1. The Morgan fingerprint density at radius 2 is 1.41 bits per heavy atom. The summed E-state index contributed by atoms with van der Waals surface area (Å²) in [6.07, 6.45) is 4.13. The van der Waals surface area contributed by atoms with Crippen molar-refractivity contribution in [3.63, 3.8) is 0 Å². The number of pyridine rings is 1. The molecule has 2 atom stereocenters. The van der Waals surface area contributed by atoms with Gasteiger partial charge in [0, 0.05) is 17.8 Å². The molecule has 1 heteroatoms. The molecule has 0 bridgehead atoms. The molecular formula is C21H19N. The van der Waals surface area contributed by atoms with Crippen molar-refractivity contribution in [3.8, 4) is 0 Å². The van der Waals surface area contributed by atoms with Gasteiger partial charge in [-0.05, 0) is 41.5 Å². The topological polar surface area (TPSA) is 12.9 Å². The Morgan fingerprint density at radius 3 is 2.14 bits per heavy atom. The molecule has 1 heterocycles. The van der Waals surface area contributed by atoms with Crippen molar-refractivity contribution in [1.29, 1.82) is 0 Å². The van der Waals surface area contributed by atoms with Gasteiger partial charge in [0.25, 0.3) is 0 Å². The van der Waals surface area contributed by atoms with Gasteiger partial charge < -0.3 is 0 Å². The van der Waals surface area contributed by atoms with Crippen LogP contribution in [0.25, 0.3) is 0 Å². The van der Waals surface area contributed by atoms with Gasteiger partial charge >= 0.3 is 0 Å². The van der Waals surface area contributed by atoms with Gasteiger partial charge in [-0.25, -0.2) is 0 Å². The molecule has 1 aliphatic rings. The van der Waals surface area contributed by atoms with Crippen LogP contribution in [-0.4, -0.2) is 4.98 Å². The number of aromatic nitrogens is 1. The molecule has 0 aliphatic heterocycles. The first-order valence-electron chi connectivity index (χ1n) is 7.95. The zero-order chi connectivity index (χ0) is 14.8. The zero-order valence-corrected chi connectivity index (χ0v) is 12.5. The van der Waals surface area contributed by atoms with Gasteiger partial charge in [0.15, 0.2) is 0 Å². The van der Waals surface area contributed by atoms with Gasteiger partial charge in [0.1, 0.15) is 0 Å². The molecule has 1 nitrogen and oxygen atoms in total. The Morgan fingerprint density at radius 1 is 0.727 bits per heavy atom. The highest BCUT2D eigenvalue weighted by Crippen LogP contribution is 2.42. The minimum Gasteiger partial charge on any atom is -0.261 e. The Hall–Kier alpha value is -2.41. The number of hydrogen-bond donors (Lipinski definition) is 0. The first kappa shape index (κ1) is 13.3. The van der Waals surface area contributed by atoms with E-state index >= 15 is 0 Å². The summed E-state index contributed by atoms with van der Waals surface area (Å²) in [5, 5.41) is 0. The molecule has 0 N–H and O–H groups in total. The molecule has 0 spiro atoms. The molecule has 0 fully saturated rings. The van der Waals surface area contributed by atoms with Crippen LogP contribution in [0.2, 0.25) is 0 Å². The fourth-order valence-corrected chi connectivity index (χ4v) is 3.65. The third-order valence-electron chi connectivity index (χ3n) is 4.73. The maximum absolute atomic E-state index is 4.67. The summed E-state index contributed by atoms with van der Waals surface area (Å²) in [4.78, 5) is 4.67. The Balaban J connectivity index is 1.77. The van der Waals surface area contributed by atoms with Gasteiger partial charge in [0.05, 0.1) is 0 Å². The van der Waals surface area contributed by atoms with E-state index < -0.39 is 0 Å². The summed E-state index contributed by atoms with van der Waals surface area (Å²) in [7, 11) is 0. The van der Waals surface area contributed by atoms with Crippen molar-refractivity contribution in [1.82, 2.24) is 4.98 Å². The van der Waals surface area contributed by atoms with Crippen LogP contribution >= 0.6 is 0 Å². The van der Waals surface area contributed by atoms with E-state index in [0.29, 0.717) is 11.8 Å². The van der Waals surface area contributed by atoms with Gasteiger partial charge in [-0.2, -0.15) is 0 Å². The molecule has 1 aliphatic carbocycles. The Bertz CT molecular complexity index is 749. The molecule has 4 rings (SSSR count). The van der Waals surface area contributed by atoms with E-state index in [4.69, 9.17) is 0 Å². The first-order valence-corrected chi connectivity index (χ1v) is 7.95. The third kappa shape index (κ3) is 2.43. The molecule has 3 aromatic rings. The highest BCUT2D eigenvalue weighted by Gasteiger charge is 2.29. The minimum absolute atomic E-state index is 0.448. The minimum atomic E-state index is 0.448. The maximum atomic E-state index is 4.67. The van der Waals surface area contributed by atoms with E-state index in [-0.39, 0.29) is 0 Å². The van der Waals surface area contributed by atoms with Gasteiger partial charge in [-0.15, -0.1) is 0 Å². The lowest BCUT2D eigenvalue weighted by Crippen LogP contribution is -2.19. The fraction of sp³-hybridized carbons (Fsp3) is 0.190. The predicted octanol–water partition coefficient (Wildman–Crippen LogP) is 4.94. The average Bonchev–Trinajstić information content (AvgIpc) is 2.62. The maximum Gasteiger partial charge on any atom is 0.0447 e. The second-order valence-electron chi connectivity index (χ2n) is 6.05. The normalized spacial score (nSPS) is 20.4. The second kappa shape index (κ2) is 5.76. The van der Waals surface area contributed by atoms with Crippen molar-refractivity contribution in [2.75, 3.05) is 0 Å². The average molecular weight is 285 g/mol. The van der Waals surface area contributed by atoms with E-state index in [1.807, 2.05) is 6.20 Å². The molecule has 0 saturated heterocycles. The number of hydrogen-bond acceptors (Lipinski definition) is 1. The van der Waals surface area contributed by atoms with Crippen molar-refractivity contribution in [2.45, 2.75) is 24.7 Å². The quantitative estimate of drug-likeness (QED) is 0.649. The van der Waals surface area contributed by atoms with Gasteiger partial charge in [-0.3, -0.25) is 4.98 Å². The van der Waals surface area contributed by atoms with E-state index in [9.17, 15) is 0 Å². The lowest BCUT2D eigenvalue weighted by atomic mass is 9.73. The van der Waals surface area contributed by atoms with Gasteiger partial charge in [-0.1, -0.05) is 66.7 Å². The first-order chi connectivity index (χ1) is 10.9. The van der Waals surface area contributed by atoms with Crippen LogP contribution in [-0.2, 0) is 6.42 Å². The monoisotopic (exact) mass is 285 g/mol. The molecule has 22 heavy (non-hydrogen) atoms. The summed E-state index contributed by atoms with van der Waals surface area (Å²) in [5.74, 6) is 0.998. The molecule has 108 valence electrons. The summed E-state index contributed by atoms with van der Waals surface area (Å²) in [6, 6.07) is 26.0. The lowest BCUT2D eigenvalue weighted by Gasteiger charge is -2.31. The van der Waals surface area contributed by atoms with Crippen LogP contribution in [0.3, 0.4) is 0 Å². The van der Waals surface area contributed by atoms with Gasteiger partial charge in [0.2, 0.25) is 0 Å². The molecule has 0 saturated carbocycles. The summed E-state index contributed by atoms with van der Waals surface area (Å²) in [6.45, 7) is 0. The summed E-state index contributed by atoms with van der Waals surface area (Å²) in [5.41, 5.74) is 5.49. The van der Waals surface area contributed by atoms with Crippen molar-refractivity contribution >= 4 is 0 Å². The predicted molar refractivity (Wildman–Crippen MR) is 90.0 cm³/mol. The molecule has 2 aromatic carbocycles. The van der Waals surface area contributed by atoms with Crippen LogP contribution in [0.4, 0.5) is 0 Å². The fourth-order valence-electron chi connectivity index (χ4n) is 3.65. The zero-order valence-electron chi connectivity index (χ0n) is 12.5. The molecule has 0 unspecified atom stereocenters. The van der Waals surface area contributed by atoms with Crippen LogP contribution in [0.1, 0.15) is 40.6 Å². The third-order valence-corrected chi connectivity index (χ3v) is 4.73. The largest absolute Gasteiger partial charge is 0.261 e. The van der Waals surface area contributed by atoms with E-state index in [1.54, 1.807) is 0 Å². The summed E-state index contributed by atoms with van der Waals surface area (Å²) < 4.78 is 0. The van der Waals surface area contributed by atoms with Crippen molar-refractivity contribution in [2.24, 2.45) is 0 Å². The molecular weight excluding hydrogens is 266 g/mol. The van der Waals surface area contributed by atoms with Crippen LogP contribution in [0.15, 0.2) is 79.0 Å². The van der Waals surface area contributed by atoms with Crippen LogP contribution in [0, 0.1) is 0 Å². The second-order valence-corrected chi connectivity index (χ2v) is 6.05. The molecule has 0 radical (unpaired) electrons. The van der Waals surface area contributed by atoms with E-state index in [1.165, 1.54) is 22.4 Å². The molecule has 1 aromatic heterocycles. The number of fused-ring (bicyclic) bond motifs is 1. The Kier molecular flexibility index (Phi) is 3.48. The Labute approximate surface area is 131 Å². The van der Waals surface area contributed by atoms with Crippen LogP contribution < -0.4 is 0 Å². The van der Waals surface area contributed by atoms with E-state index in [0.717, 1.165) is 12.8 Å². The smallest absolute Gasteiger partial charge is 0.0447 e. The highest BCUT2D eigenvalue weighted by molar-refractivity contribution is 5.39. The van der Waals surface area contributed by atoms with E-state index in [2.05, 4.69) is 77.8 Å². The standard InChI is InChI=1S/C21H19N/c1-3-8-16(9-4-1)18-14-20(17-10-5-2-6-11-17)19-12-7-13-22-21(19)15-18/h1-13,18,20H,14-15H2/t18-,20-/m1/s1.